The van der Waals surface area contributed by atoms with Gasteiger partial charge in [0, 0.05) is 0 Å². The van der Waals surface area contributed by atoms with E-state index in [9.17, 15) is 0 Å². The third kappa shape index (κ3) is 4.91. The van der Waals surface area contributed by atoms with Crippen molar-refractivity contribution in [3.63, 3.8) is 0 Å². The van der Waals surface area contributed by atoms with Gasteiger partial charge in [-0.25, -0.2) is 0 Å². The van der Waals surface area contributed by atoms with E-state index in [1.807, 2.05) is 18.2 Å². The van der Waals surface area contributed by atoms with Crippen LogP contribution in [0.4, 0.5) is 0 Å². The van der Waals surface area contributed by atoms with Crippen molar-refractivity contribution in [1.29, 1.82) is 0 Å². The fourth-order valence-corrected chi connectivity index (χ4v) is 5.58. The number of ether oxygens (including phenoxy) is 3. The Morgan fingerprint density at radius 1 is 0.821 bits per heavy atom. The molecule has 3 aromatic rings. The van der Waals surface area contributed by atoms with E-state index in [-0.39, 0.29) is 5.92 Å². The zero-order chi connectivity index (χ0) is 19.9. The summed E-state index contributed by atoms with van der Waals surface area (Å²) in [5, 5.41) is 0.998. The molecule has 0 aromatic heterocycles. The zero-order valence-electron chi connectivity index (χ0n) is 16.1. The van der Waals surface area contributed by atoms with Gasteiger partial charge in [-0.2, -0.15) is 0 Å². The molecule has 0 bridgehead atoms. The van der Waals surface area contributed by atoms with Crippen LogP contribution in [0.15, 0.2) is 71.2 Å². The molecule has 1 atom stereocenters. The van der Waals surface area contributed by atoms with Gasteiger partial charge < -0.3 is 0 Å². The van der Waals surface area contributed by atoms with Crippen molar-refractivity contribution in [1.82, 2.24) is 0 Å². The molecule has 0 saturated heterocycles. The molecule has 0 aliphatic carbocycles. The monoisotopic (exact) mass is 506 g/mol. The second-order valence-electron chi connectivity index (χ2n) is 6.17. The standard InChI is InChI=1S/C23H23BrO3Se/c1-25-18-13-21(26-2)23(22(14-18)27-3)20(16-7-5-4-6-8-16)15-28-19-11-9-17(24)10-12-19/h4-14,20H,15H2,1-3H3. The van der Waals surface area contributed by atoms with Crippen LogP contribution < -0.4 is 18.7 Å². The van der Waals surface area contributed by atoms with E-state index in [1.165, 1.54) is 10.0 Å². The van der Waals surface area contributed by atoms with Gasteiger partial charge in [-0.05, 0) is 0 Å². The van der Waals surface area contributed by atoms with Crippen LogP contribution in [0.25, 0.3) is 0 Å². The van der Waals surface area contributed by atoms with Gasteiger partial charge in [-0.3, -0.25) is 0 Å². The Bertz CT molecular complexity index is 872. The molecular weight excluding hydrogens is 483 g/mol. The molecule has 3 rings (SSSR count). The molecule has 0 amide bonds. The maximum absolute atomic E-state index is 5.74. The Morgan fingerprint density at radius 3 is 1.96 bits per heavy atom. The quantitative estimate of drug-likeness (QED) is 0.400. The van der Waals surface area contributed by atoms with Gasteiger partial charge in [0.2, 0.25) is 0 Å². The van der Waals surface area contributed by atoms with Gasteiger partial charge in [0.15, 0.2) is 0 Å². The minimum absolute atomic E-state index is 0.167. The van der Waals surface area contributed by atoms with Crippen LogP contribution in [0.1, 0.15) is 17.0 Å². The van der Waals surface area contributed by atoms with Crippen molar-refractivity contribution in [2.45, 2.75) is 11.2 Å². The summed E-state index contributed by atoms with van der Waals surface area (Å²) in [6.07, 6.45) is 0. The molecule has 0 spiro atoms. The van der Waals surface area contributed by atoms with Gasteiger partial charge in [-0.1, -0.05) is 0 Å². The molecule has 0 fully saturated rings. The van der Waals surface area contributed by atoms with E-state index in [0.29, 0.717) is 15.0 Å². The molecule has 1 unspecified atom stereocenters. The third-order valence-electron chi connectivity index (χ3n) is 4.53. The fraction of sp³-hybridized carbons (Fsp3) is 0.217. The van der Waals surface area contributed by atoms with E-state index in [4.69, 9.17) is 14.2 Å². The summed E-state index contributed by atoms with van der Waals surface area (Å²) in [5.41, 5.74) is 2.32. The number of methoxy groups -OCH3 is 3. The second-order valence-corrected chi connectivity index (χ2v) is 9.38. The number of halogens is 1. The average molecular weight is 506 g/mol. The first-order valence-corrected chi connectivity index (χ1v) is 11.8. The molecule has 146 valence electrons. The molecule has 0 radical (unpaired) electrons. The van der Waals surface area contributed by atoms with Crippen molar-refractivity contribution in [3.05, 3.63) is 82.3 Å². The first-order valence-electron chi connectivity index (χ1n) is 8.89. The summed E-state index contributed by atoms with van der Waals surface area (Å²) in [6, 6.07) is 23.0. The van der Waals surface area contributed by atoms with E-state index in [1.54, 1.807) is 21.3 Å². The number of hydrogen-bond donors (Lipinski definition) is 0. The van der Waals surface area contributed by atoms with Gasteiger partial charge in [-0.15, -0.1) is 0 Å². The first kappa shape index (κ1) is 20.8. The van der Waals surface area contributed by atoms with Crippen molar-refractivity contribution in [3.8, 4) is 17.2 Å². The van der Waals surface area contributed by atoms with E-state index < -0.39 is 0 Å². The predicted octanol–water partition coefficient (Wildman–Crippen LogP) is 5.05. The molecule has 0 heterocycles. The minimum atomic E-state index is 0.167. The summed E-state index contributed by atoms with van der Waals surface area (Å²) in [5.74, 6) is 2.47. The maximum atomic E-state index is 5.74. The predicted molar refractivity (Wildman–Crippen MR) is 119 cm³/mol. The van der Waals surface area contributed by atoms with Crippen LogP contribution in [-0.2, 0) is 0 Å². The van der Waals surface area contributed by atoms with Crippen LogP contribution in [-0.4, -0.2) is 36.3 Å². The second kappa shape index (κ2) is 10.0. The van der Waals surface area contributed by atoms with Crippen LogP contribution in [0.3, 0.4) is 0 Å². The van der Waals surface area contributed by atoms with Gasteiger partial charge in [0.25, 0.3) is 0 Å². The summed E-state index contributed by atoms with van der Waals surface area (Å²) < 4.78 is 19.4. The van der Waals surface area contributed by atoms with Crippen LogP contribution in [0.5, 0.6) is 17.2 Å². The molecule has 5 heteroatoms. The normalized spacial score (nSPS) is 11.7. The molecule has 0 aliphatic heterocycles. The topological polar surface area (TPSA) is 27.7 Å². The van der Waals surface area contributed by atoms with Gasteiger partial charge in [0.05, 0.1) is 0 Å². The van der Waals surface area contributed by atoms with Crippen LogP contribution >= 0.6 is 15.9 Å². The van der Waals surface area contributed by atoms with Crippen molar-refractivity contribution in [2.24, 2.45) is 0 Å². The Hall–Kier alpha value is -1.94. The summed E-state index contributed by atoms with van der Waals surface area (Å²) in [6.45, 7) is 0. The Morgan fingerprint density at radius 2 is 1.43 bits per heavy atom. The SMILES string of the molecule is COc1cc(OC)c(C(C[Se]c2ccc(Br)cc2)c2ccccc2)c(OC)c1. The van der Waals surface area contributed by atoms with E-state index in [0.717, 1.165) is 32.6 Å². The van der Waals surface area contributed by atoms with Crippen molar-refractivity contribution in [2.75, 3.05) is 21.3 Å². The average Bonchev–Trinajstić information content (AvgIpc) is 2.75. The van der Waals surface area contributed by atoms with E-state index in [2.05, 4.69) is 64.5 Å². The first-order chi connectivity index (χ1) is 13.7. The summed E-state index contributed by atoms with van der Waals surface area (Å²) in [7, 11) is 5.04. The summed E-state index contributed by atoms with van der Waals surface area (Å²) in [4.78, 5) is 0. The number of benzene rings is 3. The van der Waals surface area contributed by atoms with Crippen LogP contribution in [0, 0.1) is 0 Å². The molecule has 0 N–H and O–H groups in total. The number of rotatable bonds is 8. The molecule has 0 saturated carbocycles. The molecule has 0 aliphatic rings. The van der Waals surface area contributed by atoms with Crippen molar-refractivity contribution < 1.29 is 14.2 Å². The van der Waals surface area contributed by atoms with Gasteiger partial charge >= 0.3 is 182 Å². The molecule has 3 nitrogen and oxygen atoms in total. The Kier molecular flexibility index (Phi) is 7.43. The Labute approximate surface area is 181 Å². The van der Waals surface area contributed by atoms with Crippen LogP contribution in [0.2, 0.25) is 5.32 Å². The number of hydrogen-bond acceptors (Lipinski definition) is 3. The van der Waals surface area contributed by atoms with E-state index >= 15 is 0 Å². The third-order valence-corrected chi connectivity index (χ3v) is 7.38. The summed E-state index contributed by atoms with van der Waals surface area (Å²) >= 11 is 3.81. The molecular formula is C23H23BrO3Se. The van der Waals surface area contributed by atoms with Gasteiger partial charge in [0.1, 0.15) is 0 Å². The zero-order valence-corrected chi connectivity index (χ0v) is 19.4. The fourth-order valence-electron chi connectivity index (χ4n) is 3.12. The molecule has 28 heavy (non-hydrogen) atoms. The Balaban J connectivity index is 2.03. The molecule has 3 aromatic carbocycles. The van der Waals surface area contributed by atoms with Crippen molar-refractivity contribution >= 4 is 35.3 Å².